The lowest BCUT2D eigenvalue weighted by atomic mass is 10.1. The van der Waals surface area contributed by atoms with Crippen molar-refractivity contribution < 1.29 is 8.78 Å². The first-order valence-corrected chi connectivity index (χ1v) is 4.85. The third-order valence-corrected chi connectivity index (χ3v) is 3.03. The lowest BCUT2D eigenvalue weighted by Gasteiger charge is -2.04. The van der Waals surface area contributed by atoms with Gasteiger partial charge in [0.1, 0.15) is 5.82 Å². The van der Waals surface area contributed by atoms with Crippen molar-refractivity contribution in [1.82, 2.24) is 0 Å². The van der Waals surface area contributed by atoms with Gasteiger partial charge < -0.3 is 0 Å². The van der Waals surface area contributed by atoms with E-state index in [1.165, 1.54) is 0 Å². The number of hydrogen-bond acceptors (Lipinski definition) is 1. The van der Waals surface area contributed by atoms with E-state index in [4.69, 9.17) is 5.26 Å². The van der Waals surface area contributed by atoms with Crippen LogP contribution in [0.2, 0.25) is 0 Å². The van der Waals surface area contributed by atoms with Crippen LogP contribution in [-0.2, 0) is 6.42 Å². The summed E-state index contributed by atoms with van der Waals surface area (Å²) < 4.78 is 26.0. The summed E-state index contributed by atoms with van der Waals surface area (Å²) >= 11 is 5.70. The molecule has 0 fully saturated rings. The minimum atomic E-state index is -0.717. The van der Waals surface area contributed by atoms with Crippen molar-refractivity contribution in [2.24, 2.45) is 0 Å². The molecule has 0 spiro atoms. The van der Waals surface area contributed by atoms with Gasteiger partial charge in [-0.25, -0.2) is 8.78 Å². The zero-order chi connectivity index (χ0) is 10.0. The van der Waals surface area contributed by atoms with Gasteiger partial charge >= 0.3 is 0 Å². The predicted octanol–water partition coefficient (Wildman–Crippen LogP) is 3.56. The summed E-state index contributed by atoms with van der Waals surface area (Å²) in [4.78, 5) is 0. The predicted molar refractivity (Wildman–Crippen MR) is 51.1 cm³/mol. The van der Waals surface area contributed by atoms with Crippen LogP contribution in [0, 0.1) is 23.0 Å². The van der Waals surface area contributed by atoms with Gasteiger partial charge in [-0.3, -0.25) is 0 Å². The molecule has 0 bridgehead atoms. The Labute approximate surface area is 90.6 Å². The van der Waals surface area contributed by atoms with Crippen molar-refractivity contribution in [3.05, 3.63) is 32.2 Å². The number of benzene rings is 1. The second kappa shape index (κ2) is 4.16. The highest BCUT2D eigenvalue weighted by atomic mass is 79.9. The molecule has 0 unspecified atom stereocenters. The SMILES string of the molecule is N#CCc1cc(F)c(Br)c(F)c1Br. The largest absolute Gasteiger partial charge is 0.206 e. The second-order valence-electron chi connectivity index (χ2n) is 2.29. The van der Waals surface area contributed by atoms with Gasteiger partial charge in [-0.15, -0.1) is 0 Å². The van der Waals surface area contributed by atoms with E-state index in [0.717, 1.165) is 6.07 Å². The molecule has 68 valence electrons. The smallest absolute Gasteiger partial charge is 0.154 e. The Morgan fingerprint density at radius 1 is 1.31 bits per heavy atom. The van der Waals surface area contributed by atoms with Crippen LogP contribution < -0.4 is 0 Å². The molecule has 0 N–H and O–H groups in total. The Morgan fingerprint density at radius 2 is 1.92 bits per heavy atom. The number of halogens is 4. The lowest BCUT2D eigenvalue weighted by molar-refractivity contribution is 0.564. The molecule has 5 heteroatoms. The fraction of sp³-hybridized carbons (Fsp3) is 0.125. The number of nitriles is 1. The van der Waals surface area contributed by atoms with E-state index in [0.29, 0.717) is 5.56 Å². The summed E-state index contributed by atoms with van der Waals surface area (Å²) in [5, 5.41) is 8.37. The topological polar surface area (TPSA) is 23.8 Å². The second-order valence-corrected chi connectivity index (χ2v) is 3.88. The summed E-state index contributed by atoms with van der Waals surface area (Å²) in [6.45, 7) is 0. The summed E-state index contributed by atoms with van der Waals surface area (Å²) in [7, 11) is 0. The summed E-state index contributed by atoms with van der Waals surface area (Å²) in [5.41, 5.74) is 0.306. The minimum absolute atomic E-state index is 0.0261. The van der Waals surface area contributed by atoms with Crippen molar-refractivity contribution in [2.75, 3.05) is 0 Å². The molecule has 0 aromatic heterocycles. The third kappa shape index (κ3) is 2.06. The molecule has 0 heterocycles. The van der Waals surface area contributed by atoms with Crippen molar-refractivity contribution >= 4 is 31.9 Å². The maximum atomic E-state index is 13.1. The first-order chi connectivity index (χ1) is 6.07. The van der Waals surface area contributed by atoms with Crippen LogP contribution in [0.5, 0.6) is 0 Å². The van der Waals surface area contributed by atoms with E-state index in [2.05, 4.69) is 31.9 Å². The highest BCUT2D eigenvalue weighted by molar-refractivity contribution is 9.11. The molecule has 0 atom stereocenters. The van der Waals surface area contributed by atoms with Crippen LogP contribution in [0.1, 0.15) is 5.56 Å². The molecular weight excluding hydrogens is 308 g/mol. The van der Waals surface area contributed by atoms with Crippen molar-refractivity contribution in [1.29, 1.82) is 5.26 Å². The summed E-state index contributed by atoms with van der Waals surface area (Å²) in [5.74, 6) is -1.42. The standard InChI is InChI=1S/C8H3Br2F2N/c9-6-4(1-2-13)3-5(11)7(10)8(6)12/h3H,1H2. The number of rotatable bonds is 1. The maximum absolute atomic E-state index is 13.1. The first kappa shape index (κ1) is 10.6. The van der Waals surface area contributed by atoms with E-state index in [1.807, 2.05) is 6.07 Å². The molecular formula is C8H3Br2F2N. The Hall–Kier alpha value is -0.470. The highest BCUT2D eigenvalue weighted by Crippen LogP contribution is 2.29. The van der Waals surface area contributed by atoms with Gasteiger partial charge in [0.05, 0.1) is 21.4 Å². The van der Waals surface area contributed by atoms with E-state index < -0.39 is 11.6 Å². The van der Waals surface area contributed by atoms with E-state index in [9.17, 15) is 8.78 Å². The molecule has 0 amide bonds. The molecule has 0 aliphatic rings. The van der Waals surface area contributed by atoms with Crippen LogP contribution in [0.3, 0.4) is 0 Å². The molecule has 1 aromatic carbocycles. The average Bonchev–Trinajstić information content (AvgIpc) is 2.11. The van der Waals surface area contributed by atoms with Gasteiger partial charge in [-0.05, 0) is 43.5 Å². The van der Waals surface area contributed by atoms with Gasteiger partial charge in [0.15, 0.2) is 5.82 Å². The molecule has 0 aliphatic carbocycles. The fourth-order valence-corrected chi connectivity index (χ4v) is 1.87. The van der Waals surface area contributed by atoms with Crippen LogP contribution in [0.25, 0.3) is 0 Å². The van der Waals surface area contributed by atoms with Crippen molar-refractivity contribution in [3.63, 3.8) is 0 Å². The Balaban J connectivity index is 3.34. The van der Waals surface area contributed by atoms with Gasteiger partial charge in [0.2, 0.25) is 0 Å². The molecule has 0 aliphatic heterocycles. The molecule has 1 rings (SSSR count). The van der Waals surface area contributed by atoms with E-state index in [1.54, 1.807) is 0 Å². The van der Waals surface area contributed by atoms with E-state index >= 15 is 0 Å². The quantitative estimate of drug-likeness (QED) is 0.575. The lowest BCUT2D eigenvalue weighted by Crippen LogP contribution is -1.93. The zero-order valence-electron chi connectivity index (χ0n) is 6.24. The van der Waals surface area contributed by atoms with Crippen LogP contribution in [-0.4, -0.2) is 0 Å². The van der Waals surface area contributed by atoms with Gasteiger partial charge in [-0.1, -0.05) is 0 Å². The summed E-state index contributed by atoms with van der Waals surface area (Å²) in [6.07, 6.45) is -0.0261. The normalized spacial score (nSPS) is 9.77. The third-order valence-electron chi connectivity index (χ3n) is 1.45. The van der Waals surface area contributed by atoms with E-state index in [-0.39, 0.29) is 15.4 Å². The zero-order valence-corrected chi connectivity index (χ0v) is 9.42. The van der Waals surface area contributed by atoms with Crippen molar-refractivity contribution in [2.45, 2.75) is 6.42 Å². The monoisotopic (exact) mass is 309 g/mol. The average molecular weight is 311 g/mol. The van der Waals surface area contributed by atoms with Crippen LogP contribution in [0.15, 0.2) is 15.0 Å². The van der Waals surface area contributed by atoms with Gasteiger partial charge in [0.25, 0.3) is 0 Å². The molecule has 0 saturated heterocycles. The molecule has 0 radical (unpaired) electrons. The number of hydrogen-bond donors (Lipinski definition) is 0. The molecule has 1 aromatic rings. The molecule has 1 nitrogen and oxygen atoms in total. The van der Waals surface area contributed by atoms with Crippen LogP contribution >= 0.6 is 31.9 Å². The van der Waals surface area contributed by atoms with Gasteiger partial charge in [0, 0.05) is 0 Å². The Morgan fingerprint density at radius 3 is 2.46 bits per heavy atom. The minimum Gasteiger partial charge on any atom is -0.206 e. The van der Waals surface area contributed by atoms with Crippen LogP contribution in [0.4, 0.5) is 8.78 Å². The van der Waals surface area contributed by atoms with Crippen molar-refractivity contribution in [3.8, 4) is 6.07 Å². The first-order valence-electron chi connectivity index (χ1n) is 3.26. The fourth-order valence-electron chi connectivity index (χ4n) is 0.836. The molecule has 0 saturated carbocycles. The highest BCUT2D eigenvalue weighted by Gasteiger charge is 2.14. The Kier molecular flexibility index (Phi) is 3.40. The number of nitrogens with zero attached hydrogens (tertiary/aromatic N) is 1. The Bertz CT molecular complexity index is 385. The molecule has 13 heavy (non-hydrogen) atoms. The summed E-state index contributed by atoms with van der Waals surface area (Å²) in [6, 6.07) is 2.95. The van der Waals surface area contributed by atoms with Gasteiger partial charge in [-0.2, -0.15) is 5.26 Å². The maximum Gasteiger partial charge on any atom is 0.154 e.